The Bertz CT molecular complexity index is 652. The third-order valence-electron chi connectivity index (χ3n) is 3.34. The van der Waals surface area contributed by atoms with Gasteiger partial charge >= 0.3 is 0 Å². The Kier molecular flexibility index (Phi) is 5.85. The van der Waals surface area contributed by atoms with Crippen LogP contribution in [0.3, 0.4) is 0 Å². The molecule has 114 valence electrons. The number of nitriles is 1. The van der Waals surface area contributed by atoms with Crippen LogP contribution in [-0.4, -0.2) is 11.2 Å². The SMILES string of the molecule is Cc1csc([C@@H](C#N)C=N[C@@H](CC(C)C)c2ccccc2)n1. The number of thiazole rings is 1. The molecule has 1 aromatic heterocycles. The smallest absolute Gasteiger partial charge is 0.133 e. The molecular weight excluding hydrogens is 290 g/mol. The molecular formula is C18H21N3S. The van der Waals surface area contributed by atoms with Crippen LogP contribution in [0, 0.1) is 24.2 Å². The van der Waals surface area contributed by atoms with E-state index in [1.807, 2.05) is 30.5 Å². The summed E-state index contributed by atoms with van der Waals surface area (Å²) in [6.45, 7) is 6.33. The van der Waals surface area contributed by atoms with Gasteiger partial charge in [0.25, 0.3) is 0 Å². The zero-order valence-corrected chi connectivity index (χ0v) is 14.0. The van der Waals surface area contributed by atoms with Crippen molar-refractivity contribution in [2.24, 2.45) is 10.9 Å². The van der Waals surface area contributed by atoms with Gasteiger partial charge in [0.2, 0.25) is 0 Å². The van der Waals surface area contributed by atoms with Crippen LogP contribution in [-0.2, 0) is 0 Å². The predicted molar refractivity (Wildman–Crippen MR) is 92.3 cm³/mol. The van der Waals surface area contributed by atoms with Crippen molar-refractivity contribution in [1.82, 2.24) is 4.98 Å². The Morgan fingerprint density at radius 2 is 2.05 bits per heavy atom. The van der Waals surface area contributed by atoms with E-state index in [1.165, 1.54) is 16.9 Å². The first kappa shape index (κ1) is 16.4. The molecule has 2 aromatic rings. The number of hydrogen-bond acceptors (Lipinski definition) is 4. The van der Waals surface area contributed by atoms with E-state index in [2.05, 4.69) is 37.0 Å². The minimum Gasteiger partial charge on any atom is -0.288 e. The number of hydrogen-bond donors (Lipinski definition) is 0. The summed E-state index contributed by atoms with van der Waals surface area (Å²) in [6, 6.07) is 12.7. The summed E-state index contributed by atoms with van der Waals surface area (Å²) >= 11 is 1.52. The summed E-state index contributed by atoms with van der Waals surface area (Å²) in [7, 11) is 0. The predicted octanol–water partition coefficient (Wildman–Crippen LogP) is 4.92. The van der Waals surface area contributed by atoms with Crippen LogP contribution in [0.25, 0.3) is 0 Å². The van der Waals surface area contributed by atoms with Gasteiger partial charge in [-0.15, -0.1) is 11.3 Å². The monoisotopic (exact) mass is 311 g/mol. The molecule has 22 heavy (non-hydrogen) atoms. The highest BCUT2D eigenvalue weighted by Crippen LogP contribution is 2.26. The van der Waals surface area contributed by atoms with Crippen molar-refractivity contribution in [3.8, 4) is 6.07 Å². The van der Waals surface area contributed by atoms with Crippen LogP contribution >= 0.6 is 11.3 Å². The number of rotatable bonds is 6. The molecule has 0 N–H and O–H groups in total. The van der Waals surface area contributed by atoms with Gasteiger partial charge in [-0.1, -0.05) is 44.2 Å². The van der Waals surface area contributed by atoms with Crippen molar-refractivity contribution in [2.75, 3.05) is 0 Å². The maximum absolute atomic E-state index is 9.38. The lowest BCUT2D eigenvalue weighted by Crippen LogP contribution is -2.04. The van der Waals surface area contributed by atoms with Crippen LogP contribution in [0.2, 0.25) is 0 Å². The normalized spacial score (nSPS) is 14.1. The van der Waals surface area contributed by atoms with Gasteiger partial charge in [-0.3, -0.25) is 4.99 Å². The number of aliphatic imine (C=N–C) groups is 1. The van der Waals surface area contributed by atoms with E-state index in [4.69, 9.17) is 4.99 Å². The lowest BCUT2D eigenvalue weighted by molar-refractivity contribution is 0.512. The summed E-state index contributed by atoms with van der Waals surface area (Å²) < 4.78 is 0. The number of benzene rings is 1. The molecule has 3 nitrogen and oxygen atoms in total. The van der Waals surface area contributed by atoms with Crippen molar-refractivity contribution in [2.45, 2.75) is 39.2 Å². The Morgan fingerprint density at radius 1 is 1.32 bits per heavy atom. The Balaban J connectivity index is 2.20. The Hall–Kier alpha value is -1.99. The largest absolute Gasteiger partial charge is 0.288 e. The van der Waals surface area contributed by atoms with Gasteiger partial charge in [-0.05, 0) is 24.8 Å². The van der Waals surface area contributed by atoms with Crippen molar-refractivity contribution in [3.05, 3.63) is 52.0 Å². The molecule has 0 fully saturated rings. The van der Waals surface area contributed by atoms with E-state index >= 15 is 0 Å². The molecule has 0 saturated carbocycles. The van der Waals surface area contributed by atoms with E-state index in [1.54, 1.807) is 6.21 Å². The lowest BCUT2D eigenvalue weighted by Gasteiger charge is -2.15. The lowest BCUT2D eigenvalue weighted by atomic mass is 9.97. The highest BCUT2D eigenvalue weighted by molar-refractivity contribution is 7.09. The topological polar surface area (TPSA) is 49.0 Å². The molecule has 2 atom stereocenters. The summed E-state index contributed by atoms with van der Waals surface area (Å²) in [5.41, 5.74) is 2.15. The van der Waals surface area contributed by atoms with E-state index in [0.717, 1.165) is 17.1 Å². The molecule has 0 bridgehead atoms. The minimum absolute atomic E-state index is 0.0955. The summed E-state index contributed by atoms with van der Waals surface area (Å²) in [6.07, 6.45) is 2.73. The number of aryl methyl sites for hydroxylation is 1. The fourth-order valence-corrected chi connectivity index (χ4v) is 3.06. The zero-order chi connectivity index (χ0) is 15.9. The molecule has 0 amide bonds. The van der Waals surface area contributed by atoms with Crippen LogP contribution < -0.4 is 0 Å². The molecule has 0 saturated heterocycles. The fraction of sp³-hybridized carbons (Fsp3) is 0.389. The molecule has 1 aromatic carbocycles. The first-order chi connectivity index (χ1) is 10.6. The molecule has 0 aliphatic rings. The number of aromatic nitrogens is 1. The third kappa shape index (κ3) is 4.51. The quantitative estimate of drug-likeness (QED) is 0.711. The second-order valence-corrected chi connectivity index (χ2v) is 6.68. The summed E-state index contributed by atoms with van der Waals surface area (Å²) in [4.78, 5) is 9.11. The van der Waals surface area contributed by atoms with Crippen LogP contribution in [0.15, 0.2) is 40.7 Å². The first-order valence-electron chi connectivity index (χ1n) is 7.50. The molecule has 0 unspecified atom stereocenters. The van der Waals surface area contributed by atoms with E-state index in [9.17, 15) is 5.26 Å². The Labute approximate surface area is 136 Å². The van der Waals surface area contributed by atoms with Crippen molar-refractivity contribution in [1.29, 1.82) is 5.26 Å². The van der Waals surface area contributed by atoms with Crippen LogP contribution in [0.5, 0.6) is 0 Å². The molecule has 0 radical (unpaired) electrons. The van der Waals surface area contributed by atoms with Crippen LogP contribution in [0.4, 0.5) is 0 Å². The molecule has 0 spiro atoms. The fourth-order valence-electron chi connectivity index (χ4n) is 2.26. The second-order valence-electron chi connectivity index (χ2n) is 5.79. The molecule has 0 aliphatic carbocycles. The minimum atomic E-state index is -0.364. The van der Waals surface area contributed by atoms with Crippen molar-refractivity contribution in [3.63, 3.8) is 0 Å². The molecule has 2 rings (SSSR count). The van der Waals surface area contributed by atoms with Crippen molar-refractivity contribution < 1.29 is 0 Å². The van der Waals surface area contributed by atoms with E-state index in [0.29, 0.717) is 5.92 Å². The zero-order valence-electron chi connectivity index (χ0n) is 13.2. The molecule has 0 aliphatic heterocycles. The maximum atomic E-state index is 9.38. The van der Waals surface area contributed by atoms with E-state index < -0.39 is 0 Å². The second kappa shape index (κ2) is 7.86. The number of nitrogens with zero attached hydrogens (tertiary/aromatic N) is 3. The highest BCUT2D eigenvalue weighted by atomic mass is 32.1. The molecule has 1 heterocycles. The third-order valence-corrected chi connectivity index (χ3v) is 4.38. The van der Waals surface area contributed by atoms with Gasteiger partial charge < -0.3 is 0 Å². The summed E-state index contributed by atoms with van der Waals surface area (Å²) in [5.74, 6) is 0.182. The highest BCUT2D eigenvalue weighted by Gasteiger charge is 2.15. The van der Waals surface area contributed by atoms with Gasteiger partial charge in [0.05, 0.1) is 12.1 Å². The molecule has 4 heteroatoms. The van der Waals surface area contributed by atoms with Gasteiger partial charge in [0.15, 0.2) is 0 Å². The average Bonchev–Trinajstić information content (AvgIpc) is 2.93. The summed E-state index contributed by atoms with van der Waals surface area (Å²) in [5, 5.41) is 12.2. The van der Waals surface area contributed by atoms with Gasteiger partial charge in [-0.2, -0.15) is 5.26 Å². The Morgan fingerprint density at radius 3 is 2.59 bits per heavy atom. The van der Waals surface area contributed by atoms with Gasteiger partial charge in [0, 0.05) is 17.3 Å². The average molecular weight is 311 g/mol. The van der Waals surface area contributed by atoms with Crippen molar-refractivity contribution >= 4 is 17.6 Å². The first-order valence-corrected chi connectivity index (χ1v) is 8.38. The standard InChI is InChI=1S/C18H21N3S/c1-13(2)9-17(15-7-5-4-6-8-15)20-11-16(10-19)18-21-14(3)12-22-18/h4-8,11-13,16-17H,9H2,1-3H3/t16-,17-/m0/s1. The van der Waals surface area contributed by atoms with E-state index in [-0.39, 0.29) is 12.0 Å². The van der Waals surface area contributed by atoms with Crippen LogP contribution in [0.1, 0.15) is 48.5 Å². The van der Waals surface area contributed by atoms with Gasteiger partial charge in [0.1, 0.15) is 10.9 Å². The van der Waals surface area contributed by atoms with Gasteiger partial charge in [-0.25, -0.2) is 4.98 Å². The maximum Gasteiger partial charge on any atom is 0.133 e.